The fourth-order valence-electron chi connectivity index (χ4n) is 2.41. The summed E-state index contributed by atoms with van der Waals surface area (Å²) in [6, 6.07) is 0. The van der Waals surface area contributed by atoms with Crippen molar-refractivity contribution in [2.75, 3.05) is 32.1 Å². The molecule has 3 rings (SSSR count). The van der Waals surface area contributed by atoms with Gasteiger partial charge in [0.05, 0.1) is 23.9 Å². The second kappa shape index (κ2) is 6.49. The van der Waals surface area contributed by atoms with Crippen LogP contribution in [0.25, 0.3) is 0 Å². The summed E-state index contributed by atoms with van der Waals surface area (Å²) in [6.45, 7) is 3.11. The maximum Gasteiger partial charge on any atom is 0.273 e. The Labute approximate surface area is 138 Å². The van der Waals surface area contributed by atoms with Gasteiger partial charge < -0.3 is 14.5 Å². The third-order valence-electron chi connectivity index (χ3n) is 3.62. The van der Waals surface area contributed by atoms with Crippen LogP contribution in [0.15, 0.2) is 17.8 Å². The molecule has 0 unspecified atom stereocenters. The third kappa shape index (κ3) is 3.58. The Bertz CT molecular complexity index is 703. The molecule has 0 N–H and O–H groups in total. The molecule has 0 saturated carbocycles. The van der Waals surface area contributed by atoms with Crippen LogP contribution in [0.3, 0.4) is 0 Å². The molecule has 1 atom stereocenters. The van der Waals surface area contributed by atoms with E-state index in [0.717, 1.165) is 17.2 Å². The summed E-state index contributed by atoms with van der Waals surface area (Å²) in [5.74, 6) is 1.19. The fraction of sp³-hybridized carbons (Fsp3) is 0.467. The van der Waals surface area contributed by atoms with Crippen molar-refractivity contribution in [1.82, 2.24) is 19.9 Å². The second-order valence-corrected chi connectivity index (χ2v) is 6.70. The van der Waals surface area contributed by atoms with Gasteiger partial charge in [-0.3, -0.25) is 9.78 Å². The van der Waals surface area contributed by atoms with Gasteiger partial charge >= 0.3 is 0 Å². The molecule has 122 valence electrons. The number of hydrogen-bond donors (Lipinski definition) is 0. The zero-order valence-corrected chi connectivity index (χ0v) is 14.2. The van der Waals surface area contributed by atoms with Gasteiger partial charge in [0.25, 0.3) is 5.91 Å². The zero-order chi connectivity index (χ0) is 16.4. The molecule has 1 fully saturated rings. The van der Waals surface area contributed by atoms with Gasteiger partial charge in [0, 0.05) is 32.4 Å². The fourth-order valence-corrected chi connectivity index (χ4v) is 3.00. The number of likely N-dealkylation sites (tertiary alicyclic amines) is 1. The molecule has 2 aromatic heterocycles. The molecule has 0 spiro atoms. The van der Waals surface area contributed by atoms with Crippen molar-refractivity contribution in [2.24, 2.45) is 0 Å². The SMILES string of the molecule is Cc1nc(C(=O)N2CC[C@@H](Oc3cncc(N(C)C)n3)C2)cs1. The summed E-state index contributed by atoms with van der Waals surface area (Å²) in [5.41, 5.74) is 0.516. The van der Waals surface area contributed by atoms with E-state index in [0.29, 0.717) is 24.7 Å². The van der Waals surface area contributed by atoms with E-state index in [9.17, 15) is 4.79 Å². The number of ether oxygens (including phenoxy) is 1. The van der Waals surface area contributed by atoms with Gasteiger partial charge in [-0.05, 0) is 6.92 Å². The normalized spacial score (nSPS) is 17.3. The number of aromatic nitrogens is 3. The third-order valence-corrected chi connectivity index (χ3v) is 4.39. The van der Waals surface area contributed by atoms with E-state index in [1.54, 1.807) is 22.7 Å². The van der Waals surface area contributed by atoms with E-state index in [2.05, 4.69) is 15.0 Å². The Morgan fingerprint density at radius 2 is 2.22 bits per heavy atom. The standard InChI is InChI=1S/C15H19N5O2S/c1-10-17-12(9-23-10)15(21)20-5-4-11(8-20)22-14-7-16-6-13(18-14)19(2)3/h6-7,9,11H,4-5,8H2,1-3H3/t11-/m1/s1. The Morgan fingerprint density at radius 3 is 2.91 bits per heavy atom. The predicted molar refractivity (Wildman–Crippen MR) is 88.1 cm³/mol. The van der Waals surface area contributed by atoms with Gasteiger partial charge in [-0.25, -0.2) is 4.98 Å². The lowest BCUT2D eigenvalue weighted by Crippen LogP contribution is -2.31. The number of thiazole rings is 1. The molecule has 1 saturated heterocycles. The molecule has 1 aliphatic heterocycles. The highest BCUT2D eigenvalue weighted by atomic mass is 32.1. The topological polar surface area (TPSA) is 71.5 Å². The monoisotopic (exact) mass is 333 g/mol. The van der Waals surface area contributed by atoms with Crippen LogP contribution in [0.2, 0.25) is 0 Å². The van der Waals surface area contributed by atoms with Crippen LogP contribution in [-0.4, -0.2) is 59.0 Å². The van der Waals surface area contributed by atoms with E-state index < -0.39 is 0 Å². The molecule has 23 heavy (non-hydrogen) atoms. The molecular formula is C15H19N5O2S. The van der Waals surface area contributed by atoms with Crippen LogP contribution in [0.1, 0.15) is 21.9 Å². The highest BCUT2D eigenvalue weighted by Gasteiger charge is 2.29. The maximum atomic E-state index is 12.4. The van der Waals surface area contributed by atoms with Crippen LogP contribution in [0.5, 0.6) is 5.88 Å². The van der Waals surface area contributed by atoms with Crippen molar-refractivity contribution in [3.63, 3.8) is 0 Å². The van der Waals surface area contributed by atoms with Crippen LogP contribution >= 0.6 is 11.3 Å². The van der Waals surface area contributed by atoms with Crippen LogP contribution in [0, 0.1) is 6.92 Å². The van der Waals surface area contributed by atoms with Crippen molar-refractivity contribution in [2.45, 2.75) is 19.4 Å². The van der Waals surface area contributed by atoms with Crippen molar-refractivity contribution in [3.05, 3.63) is 28.5 Å². The molecule has 1 amide bonds. The summed E-state index contributed by atoms with van der Waals surface area (Å²) >= 11 is 1.49. The number of aryl methyl sites for hydroxylation is 1. The maximum absolute atomic E-state index is 12.4. The van der Waals surface area contributed by atoms with Crippen molar-refractivity contribution in [3.8, 4) is 5.88 Å². The highest BCUT2D eigenvalue weighted by molar-refractivity contribution is 7.09. The van der Waals surface area contributed by atoms with Crippen LogP contribution in [-0.2, 0) is 0 Å². The number of anilines is 1. The first kappa shape index (κ1) is 15.7. The van der Waals surface area contributed by atoms with Crippen LogP contribution < -0.4 is 9.64 Å². The molecule has 7 nitrogen and oxygen atoms in total. The largest absolute Gasteiger partial charge is 0.471 e. The Kier molecular flexibility index (Phi) is 4.42. The van der Waals surface area contributed by atoms with Gasteiger partial charge in [-0.2, -0.15) is 4.98 Å². The van der Waals surface area contributed by atoms with E-state index >= 15 is 0 Å². The number of nitrogens with zero attached hydrogens (tertiary/aromatic N) is 5. The minimum atomic E-state index is -0.0644. The summed E-state index contributed by atoms with van der Waals surface area (Å²) in [6.07, 6.45) is 4.00. The highest BCUT2D eigenvalue weighted by Crippen LogP contribution is 2.20. The lowest BCUT2D eigenvalue weighted by molar-refractivity contribution is 0.0766. The van der Waals surface area contributed by atoms with Gasteiger partial charge in [-0.1, -0.05) is 0 Å². The predicted octanol–water partition coefficient (Wildman–Crippen LogP) is 1.60. The first-order valence-corrected chi connectivity index (χ1v) is 8.28. The summed E-state index contributed by atoms with van der Waals surface area (Å²) in [5, 5.41) is 2.70. The minimum absolute atomic E-state index is 0.0337. The van der Waals surface area contributed by atoms with E-state index in [1.165, 1.54) is 11.3 Å². The molecule has 0 aromatic carbocycles. The lowest BCUT2D eigenvalue weighted by Gasteiger charge is -2.17. The first-order chi connectivity index (χ1) is 11.0. The average Bonchev–Trinajstić information content (AvgIpc) is 3.16. The minimum Gasteiger partial charge on any atom is -0.471 e. The van der Waals surface area contributed by atoms with Crippen LogP contribution in [0.4, 0.5) is 5.82 Å². The Balaban J connectivity index is 1.62. The molecule has 0 aliphatic carbocycles. The molecule has 1 aliphatic rings. The number of carbonyl (C=O) groups is 1. The number of hydrogen-bond acceptors (Lipinski definition) is 7. The first-order valence-electron chi connectivity index (χ1n) is 7.40. The number of rotatable bonds is 4. The van der Waals surface area contributed by atoms with E-state index in [-0.39, 0.29) is 12.0 Å². The van der Waals surface area contributed by atoms with Gasteiger partial charge in [0.1, 0.15) is 11.8 Å². The summed E-state index contributed by atoms with van der Waals surface area (Å²) in [4.78, 5) is 28.8. The molecule has 0 bridgehead atoms. The quantitative estimate of drug-likeness (QED) is 0.846. The number of amides is 1. The summed E-state index contributed by atoms with van der Waals surface area (Å²) < 4.78 is 5.88. The average molecular weight is 333 g/mol. The molecular weight excluding hydrogens is 314 g/mol. The molecule has 2 aromatic rings. The molecule has 0 radical (unpaired) electrons. The van der Waals surface area contributed by atoms with Crippen molar-refractivity contribution < 1.29 is 9.53 Å². The summed E-state index contributed by atoms with van der Waals surface area (Å²) in [7, 11) is 3.80. The second-order valence-electron chi connectivity index (χ2n) is 5.64. The van der Waals surface area contributed by atoms with Crippen molar-refractivity contribution >= 4 is 23.1 Å². The molecule has 3 heterocycles. The van der Waals surface area contributed by atoms with E-state index in [4.69, 9.17) is 4.74 Å². The zero-order valence-electron chi connectivity index (χ0n) is 13.4. The lowest BCUT2D eigenvalue weighted by atomic mass is 10.3. The Morgan fingerprint density at radius 1 is 1.39 bits per heavy atom. The van der Waals surface area contributed by atoms with Gasteiger partial charge in [-0.15, -0.1) is 11.3 Å². The van der Waals surface area contributed by atoms with E-state index in [1.807, 2.05) is 25.9 Å². The van der Waals surface area contributed by atoms with Crippen molar-refractivity contribution in [1.29, 1.82) is 0 Å². The van der Waals surface area contributed by atoms with Gasteiger partial charge in [0.15, 0.2) is 5.82 Å². The smallest absolute Gasteiger partial charge is 0.273 e. The molecule has 8 heteroatoms. The van der Waals surface area contributed by atoms with Gasteiger partial charge in [0.2, 0.25) is 5.88 Å². The number of carbonyl (C=O) groups excluding carboxylic acids is 1. The Hall–Kier alpha value is -2.22.